The topological polar surface area (TPSA) is 120 Å². The van der Waals surface area contributed by atoms with Gasteiger partial charge >= 0.3 is 5.97 Å². The first-order valence-electron chi connectivity index (χ1n) is 13.5. The molecule has 0 saturated carbocycles. The number of hydrogen-bond donors (Lipinski definition) is 4. The third-order valence-corrected chi connectivity index (χ3v) is 7.26. The van der Waals surface area contributed by atoms with Gasteiger partial charge in [-0.2, -0.15) is 0 Å². The zero-order valence-corrected chi connectivity index (χ0v) is 23.3. The van der Waals surface area contributed by atoms with Crippen LogP contribution in [-0.2, 0) is 14.3 Å². The minimum absolute atomic E-state index is 0.0474. The molecule has 0 aromatic rings. The molecule has 9 unspecified atom stereocenters. The third-order valence-electron chi connectivity index (χ3n) is 7.26. The molecule has 0 bridgehead atoms. The Balaban J connectivity index is 2.28. The SMILES string of the molecule is C=C1CC=CC(O)C(O)C(=C)C(O)C(O)C(=C)CC=CC(C)=CC(=O)OC(C2OC2C(C)CCC)C(C)C1. The van der Waals surface area contributed by atoms with Gasteiger partial charge in [-0.1, -0.05) is 76.8 Å². The smallest absolute Gasteiger partial charge is 0.331 e. The van der Waals surface area contributed by atoms with Crippen LogP contribution in [0.2, 0.25) is 0 Å². The van der Waals surface area contributed by atoms with Crippen molar-refractivity contribution < 1.29 is 34.7 Å². The summed E-state index contributed by atoms with van der Waals surface area (Å²) in [7, 11) is 0. The number of ether oxygens (including phenoxy) is 2. The van der Waals surface area contributed by atoms with E-state index in [1.807, 2.05) is 6.92 Å². The Morgan fingerprint density at radius 2 is 1.71 bits per heavy atom. The molecule has 7 nitrogen and oxygen atoms in total. The molecule has 2 heterocycles. The molecule has 0 aromatic heterocycles. The molecule has 2 aliphatic heterocycles. The Morgan fingerprint density at radius 3 is 2.37 bits per heavy atom. The molecule has 0 spiro atoms. The summed E-state index contributed by atoms with van der Waals surface area (Å²) in [6, 6.07) is 0. The van der Waals surface area contributed by atoms with E-state index < -0.39 is 36.5 Å². The van der Waals surface area contributed by atoms with Crippen LogP contribution in [0, 0.1) is 11.8 Å². The Morgan fingerprint density at radius 1 is 1.03 bits per heavy atom. The van der Waals surface area contributed by atoms with E-state index in [0.29, 0.717) is 29.9 Å². The summed E-state index contributed by atoms with van der Waals surface area (Å²) in [6.45, 7) is 19.7. The first kappa shape index (κ1) is 31.9. The summed E-state index contributed by atoms with van der Waals surface area (Å²) in [4.78, 5) is 12.8. The lowest BCUT2D eigenvalue weighted by atomic mass is 9.89. The van der Waals surface area contributed by atoms with E-state index in [4.69, 9.17) is 9.47 Å². The summed E-state index contributed by atoms with van der Waals surface area (Å²) in [6.07, 6.45) is 5.05. The molecule has 7 heteroatoms. The van der Waals surface area contributed by atoms with E-state index in [1.54, 1.807) is 25.2 Å². The summed E-state index contributed by atoms with van der Waals surface area (Å²) in [5.41, 5.74) is 1.70. The summed E-state index contributed by atoms with van der Waals surface area (Å²) >= 11 is 0. The van der Waals surface area contributed by atoms with Crippen LogP contribution in [0.25, 0.3) is 0 Å². The third kappa shape index (κ3) is 9.17. The highest BCUT2D eigenvalue weighted by Gasteiger charge is 2.51. The molecule has 0 amide bonds. The van der Waals surface area contributed by atoms with Crippen molar-refractivity contribution in [1.82, 2.24) is 0 Å². The lowest BCUT2D eigenvalue weighted by molar-refractivity contribution is -0.146. The van der Waals surface area contributed by atoms with Gasteiger partial charge in [0.25, 0.3) is 0 Å². The number of epoxide rings is 1. The lowest BCUT2D eigenvalue weighted by Gasteiger charge is -2.26. The normalized spacial score (nSPS) is 35.4. The average Bonchev–Trinajstić information content (AvgIpc) is 3.65. The predicted octanol–water partition coefficient (Wildman–Crippen LogP) is 4.09. The largest absolute Gasteiger partial charge is 0.456 e. The summed E-state index contributed by atoms with van der Waals surface area (Å²) < 4.78 is 11.9. The van der Waals surface area contributed by atoms with E-state index in [-0.39, 0.29) is 30.1 Å². The molecular formula is C31H46O7. The maximum Gasteiger partial charge on any atom is 0.331 e. The van der Waals surface area contributed by atoms with Gasteiger partial charge < -0.3 is 29.9 Å². The van der Waals surface area contributed by atoms with Gasteiger partial charge in [0.15, 0.2) is 0 Å². The van der Waals surface area contributed by atoms with Crippen LogP contribution in [0.3, 0.4) is 0 Å². The van der Waals surface area contributed by atoms with Crippen LogP contribution in [0.1, 0.15) is 59.8 Å². The number of carbonyl (C=O) groups excluding carboxylic acids is 1. The van der Waals surface area contributed by atoms with E-state index in [9.17, 15) is 25.2 Å². The monoisotopic (exact) mass is 530 g/mol. The number of rotatable bonds is 4. The second kappa shape index (κ2) is 14.8. The molecule has 4 N–H and O–H groups in total. The van der Waals surface area contributed by atoms with Gasteiger partial charge in [-0.25, -0.2) is 4.79 Å². The van der Waals surface area contributed by atoms with Gasteiger partial charge in [-0.05, 0) is 61.2 Å². The fraction of sp³-hybridized carbons (Fsp3) is 0.581. The number of allylic oxidation sites excluding steroid dienone is 5. The fourth-order valence-corrected chi connectivity index (χ4v) is 4.86. The maximum absolute atomic E-state index is 12.8. The van der Waals surface area contributed by atoms with Crippen molar-refractivity contribution in [3.8, 4) is 0 Å². The number of esters is 1. The average molecular weight is 531 g/mol. The molecule has 0 radical (unpaired) electrons. The molecule has 0 aliphatic carbocycles. The first-order chi connectivity index (χ1) is 17.9. The van der Waals surface area contributed by atoms with Crippen molar-refractivity contribution in [3.63, 3.8) is 0 Å². The van der Waals surface area contributed by atoms with Gasteiger partial charge in [-0.3, -0.25) is 0 Å². The molecule has 9 atom stereocenters. The van der Waals surface area contributed by atoms with Crippen LogP contribution in [0.4, 0.5) is 0 Å². The highest BCUT2D eigenvalue weighted by Crippen LogP contribution is 2.39. The van der Waals surface area contributed by atoms with Gasteiger partial charge in [0.05, 0.1) is 6.10 Å². The highest BCUT2D eigenvalue weighted by atomic mass is 16.6. The van der Waals surface area contributed by atoms with Gasteiger partial charge in [-0.15, -0.1) is 0 Å². The van der Waals surface area contributed by atoms with Crippen molar-refractivity contribution >= 4 is 5.97 Å². The standard InChI is InChI=1S/C31H46O7/c1-8-11-21(5)29-31(38-29)30-22(6)16-18(2)13-10-15-24(32)27(35)23(7)28(36)26(34)20(4)14-9-12-19(3)17-25(33)37-30/h9-10,12,15,17,21-22,24,26-32,34-36H,2,4,7-8,11,13-14,16H2,1,3,5-6H3. The van der Waals surface area contributed by atoms with Crippen molar-refractivity contribution in [2.24, 2.45) is 11.8 Å². The number of hydrogen-bond acceptors (Lipinski definition) is 7. The number of carbonyl (C=O) groups is 1. The predicted molar refractivity (Wildman–Crippen MR) is 149 cm³/mol. The number of aliphatic hydroxyl groups excluding tert-OH is 4. The molecule has 38 heavy (non-hydrogen) atoms. The van der Waals surface area contributed by atoms with Crippen LogP contribution in [-0.4, -0.2) is 69.1 Å². The van der Waals surface area contributed by atoms with Gasteiger partial charge in [0.1, 0.15) is 36.6 Å². The molecule has 2 rings (SSSR count). The van der Waals surface area contributed by atoms with E-state index in [0.717, 1.165) is 18.4 Å². The van der Waals surface area contributed by atoms with Gasteiger partial charge in [0, 0.05) is 6.08 Å². The van der Waals surface area contributed by atoms with Gasteiger partial charge in [0.2, 0.25) is 0 Å². The quantitative estimate of drug-likeness (QED) is 0.245. The lowest BCUT2D eigenvalue weighted by Crippen LogP contribution is -2.37. The fourth-order valence-electron chi connectivity index (χ4n) is 4.86. The molecule has 212 valence electrons. The summed E-state index contributed by atoms with van der Waals surface area (Å²) in [5.74, 6) is -0.134. The Labute approximate surface area is 227 Å². The molecule has 1 fully saturated rings. The number of cyclic esters (lactones) is 1. The molecule has 1 saturated heterocycles. The van der Waals surface area contributed by atoms with Crippen LogP contribution in [0.5, 0.6) is 0 Å². The second-order valence-electron chi connectivity index (χ2n) is 10.8. The molecule has 2 aliphatic rings. The Kier molecular flexibility index (Phi) is 12.4. The molecule has 0 aromatic carbocycles. The highest BCUT2D eigenvalue weighted by molar-refractivity contribution is 5.83. The maximum atomic E-state index is 12.8. The number of aliphatic hydroxyl groups is 4. The van der Waals surface area contributed by atoms with Crippen LogP contribution in [0.15, 0.2) is 72.4 Å². The molecular weight excluding hydrogens is 484 g/mol. The minimum Gasteiger partial charge on any atom is -0.456 e. The Bertz CT molecular complexity index is 946. The van der Waals surface area contributed by atoms with Crippen molar-refractivity contribution in [2.45, 2.75) is 103 Å². The van der Waals surface area contributed by atoms with E-state index in [2.05, 4.69) is 33.6 Å². The van der Waals surface area contributed by atoms with Crippen LogP contribution >= 0.6 is 0 Å². The zero-order chi connectivity index (χ0) is 28.6. The second-order valence-corrected chi connectivity index (χ2v) is 10.8. The van der Waals surface area contributed by atoms with Crippen LogP contribution < -0.4 is 0 Å². The van der Waals surface area contributed by atoms with E-state index in [1.165, 1.54) is 12.2 Å². The van der Waals surface area contributed by atoms with E-state index >= 15 is 0 Å². The van der Waals surface area contributed by atoms with Crippen molar-refractivity contribution in [2.75, 3.05) is 0 Å². The Hall–Kier alpha value is -2.29. The zero-order valence-electron chi connectivity index (χ0n) is 23.3. The van der Waals surface area contributed by atoms with Crippen molar-refractivity contribution in [3.05, 3.63) is 72.4 Å². The summed E-state index contributed by atoms with van der Waals surface area (Å²) in [5, 5.41) is 41.8. The minimum atomic E-state index is -1.51. The van der Waals surface area contributed by atoms with Crippen molar-refractivity contribution in [1.29, 1.82) is 0 Å². The first-order valence-corrected chi connectivity index (χ1v) is 13.5.